The number of carbonyl (C=O) groups excluding carboxylic acids is 1. The molecule has 2 aromatic rings. The lowest BCUT2D eigenvalue weighted by Gasteiger charge is -1.98. The molecule has 84 valence electrons. The lowest BCUT2D eigenvalue weighted by atomic mass is 10.1. The molecule has 0 amide bonds. The minimum atomic E-state index is -0.529. The summed E-state index contributed by atoms with van der Waals surface area (Å²) in [6, 6.07) is 4.39. The van der Waals surface area contributed by atoms with Crippen LogP contribution in [0.4, 0.5) is 5.69 Å². The molecule has 1 aliphatic rings. The summed E-state index contributed by atoms with van der Waals surface area (Å²) in [4.78, 5) is 22.4. The van der Waals surface area contributed by atoms with Crippen molar-refractivity contribution < 1.29 is 14.2 Å². The molecule has 6 nitrogen and oxygen atoms in total. The number of nitro benzene ring substituents is 1. The average molecular weight is 230 g/mol. The van der Waals surface area contributed by atoms with Gasteiger partial charge in [0, 0.05) is 11.6 Å². The first-order chi connectivity index (χ1) is 8.11. The molecular weight excluding hydrogens is 224 g/mol. The van der Waals surface area contributed by atoms with Crippen LogP contribution in [-0.2, 0) is 0 Å². The number of aryl methyl sites for hydroxylation is 1. The van der Waals surface area contributed by atoms with E-state index in [2.05, 4.69) is 5.16 Å². The zero-order valence-corrected chi connectivity index (χ0v) is 8.76. The van der Waals surface area contributed by atoms with Crippen LogP contribution >= 0.6 is 0 Å². The fraction of sp³-hybridized carbons (Fsp3) is 0.0909. The molecule has 0 aliphatic heterocycles. The summed E-state index contributed by atoms with van der Waals surface area (Å²) >= 11 is 0. The SMILES string of the molecule is Cc1noc2c1C(=O)c1cccc([N+](=O)[O-])c1-2. The Kier molecular flexibility index (Phi) is 1.72. The Hall–Kier alpha value is -2.50. The van der Waals surface area contributed by atoms with Gasteiger partial charge in [-0.25, -0.2) is 0 Å². The van der Waals surface area contributed by atoms with Crippen LogP contribution in [0.15, 0.2) is 22.7 Å². The first-order valence-corrected chi connectivity index (χ1v) is 4.90. The van der Waals surface area contributed by atoms with E-state index < -0.39 is 4.92 Å². The Morgan fingerprint density at radius 1 is 1.35 bits per heavy atom. The normalized spacial score (nSPS) is 12.4. The van der Waals surface area contributed by atoms with E-state index in [-0.39, 0.29) is 22.8 Å². The highest BCUT2D eigenvalue weighted by Gasteiger charge is 2.38. The van der Waals surface area contributed by atoms with Crippen LogP contribution in [0.5, 0.6) is 0 Å². The van der Waals surface area contributed by atoms with E-state index in [9.17, 15) is 14.9 Å². The maximum atomic E-state index is 12.0. The molecule has 0 fully saturated rings. The Morgan fingerprint density at radius 2 is 2.12 bits per heavy atom. The molecule has 0 saturated carbocycles. The standard InChI is InChI=1S/C11H6N2O4/c1-5-8-10(14)6-3-2-4-7(13(15)16)9(6)11(8)17-12-5/h2-4H,1H3. The van der Waals surface area contributed by atoms with E-state index in [1.54, 1.807) is 13.0 Å². The van der Waals surface area contributed by atoms with E-state index >= 15 is 0 Å². The van der Waals surface area contributed by atoms with Crippen LogP contribution in [0.1, 0.15) is 21.6 Å². The van der Waals surface area contributed by atoms with Crippen molar-refractivity contribution in [3.05, 3.63) is 45.1 Å². The molecule has 0 spiro atoms. The predicted octanol–water partition coefficient (Wildman–Crippen LogP) is 2.10. The quantitative estimate of drug-likeness (QED) is 0.472. The van der Waals surface area contributed by atoms with Crippen molar-refractivity contribution in [2.45, 2.75) is 6.92 Å². The molecule has 3 rings (SSSR count). The number of nitrogens with zero attached hydrogens (tertiary/aromatic N) is 2. The van der Waals surface area contributed by atoms with Crippen LogP contribution in [0.2, 0.25) is 0 Å². The van der Waals surface area contributed by atoms with Gasteiger partial charge in [0.2, 0.25) is 0 Å². The van der Waals surface area contributed by atoms with Crippen molar-refractivity contribution in [2.24, 2.45) is 0 Å². The van der Waals surface area contributed by atoms with Gasteiger partial charge in [0.1, 0.15) is 5.56 Å². The summed E-state index contributed by atoms with van der Waals surface area (Å²) < 4.78 is 5.02. The molecule has 17 heavy (non-hydrogen) atoms. The summed E-state index contributed by atoms with van der Waals surface area (Å²) in [5.41, 5.74) is 1.19. The number of aromatic nitrogens is 1. The number of ketones is 1. The van der Waals surface area contributed by atoms with Gasteiger partial charge < -0.3 is 4.52 Å². The maximum Gasteiger partial charge on any atom is 0.281 e. The monoisotopic (exact) mass is 230 g/mol. The maximum absolute atomic E-state index is 12.0. The number of fused-ring (bicyclic) bond motifs is 3. The number of carbonyl (C=O) groups is 1. The number of hydrogen-bond acceptors (Lipinski definition) is 5. The molecule has 1 heterocycles. The zero-order chi connectivity index (χ0) is 12.2. The van der Waals surface area contributed by atoms with Gasteiger partial charge in [-0.05, 0) is 13.0 Å². The minimum Gasteiger partial charge on any atom is -0.355 e. The van der Waals surface area contributed by atoms with E-state index in [1.807, 2.05) is 0 Å². The van der Waals surface area contributed by atoms with Gasteiger partial charge in [-0.2, -0.15) is 0 Å². The summed E-state index contributed by atoms with van der Waals surface area (Å²) in [7, 11) is 0. The topological polar surface area (TPSA) is 86.2 Å². The molecule has 1 aliphatic carbocycles. The molecule has 0 atom stereocenters. The first-order valence-electron chi connectivity index (χ1n) is 4.90. The minimum absolute atomic E-state index is 0.134. The molecule has 0 unspecified atom stereocenters. The van der Waals surface area contributed by atoms with Gasteiger partial charge in [0.15, 0.2) is 11.5 Å². The van der Waals surface area contributed by atoms with Crippen LogP contribution in [0, 0.1) is 17.0 Å². The smallest absolute Gasteiger partial charge is 0.281 e. The fourth-order valence-corrected chi connectivity index (χ4v) is 2.06. The van der Waals surface area contributed by atoms with Crippen LogP contribution < -0.4 is 0 Å². The number of nitro groups is 1. The summed E-state index contributed by atoms with van der Waals surface area (Å²) in [5, 5.41) is 14.6. The molecule has 0 radical (unpaired) electrons. The second kappa shape index (κ2) is 3.00. The van der Waals surface area contributed by atoms with Gasteiger partial charge in [-0.3, -0.25) is 14.9 Å². The third kappa shape index (κ3) is 1.09. The van der Waals surface area contributed by atoms with Crippen molar-refractivity contribution in [1.82, 2.24) is 5.16 Å². The molecule has 1 aromatic heterocycles. The van der Waals surface area contributed by atoms with Crippen LogP contribution in [0.3, 0.4) is 0 Å². The fourth-order valence-electron chi connectivity index (χ4n) is 2.06. The molecule has 0 saturated heterocycles. The Labute approximate surface area is 95.0 Å². The summed E-state index contributed by atoms with van der Waals surface area (Å²) in [6.45, 7) is 1.64. The average Bonchev–Trinajstić information content (AvgIpc) is 2.80. The van der Waals surface area contributed by atoms with Gasteiger partial charge in [0.05, 0.1) is 16.2 Å². The second-order valence-electron chi connectivity index (χ2n) is 3.76. The zero-order valence-electron chi connectivity index (χ0n) is 8.76. The highest BCUT2D eigenvalue weighted by atomic mass is 16.6. The van der Waals surface area contributed by atoms with Gasteiger partial charge in [-0.15, -0.1) is 0 Å². The highest BCUT2D eigenvalue weighted by Crippen LogP contribution is 2.43. The van der Waals surface area contributed by atoms with E-state index in [4.69, 9.17) is 4.52 Å². The largest absolute Gasteiger partial charge is 0.355 e. The van der Waals surface area contributed by atoms with E-state index in [1.165, 1.54) is 12.1 Å². The molecule has 0 N–H and O–H groups in total. The summed E-state index contributed by atoms with van der Waals surface area (Å²) in [6.07, 6.45) is 0. The lowest BCUT2D eigenvalue weighted by Crippen LogP contribution is -1.98. The van der Waals surface area contributed by atoms with Crippen molar-refractivity contribution in [3.63, 3.8) is 0 Å². The number of rotatable bonds is 1. The number of hydrogen-bond donors (Lipinski definition) is 0. The third-order valence-corrected chi connectivity index (χ3v) is 2.80. The Balaban J connectivity index is 2.42. The molecule has 1 aromatic carbocycles. The molecule has 0 bridgehead atoms. The van der Waals surface area contributed by atoms with Gasteiger partial charge >= 0.3 is 0 Å². The van der Waals surface area contributed by atoms with Crippen molar-refractivity contribution in [3.8, 4) is 11.3 Å². The van der Waals surface area contributed by atoms with Gasteiger partial charge in [0.25, 0.3) is 5.69 Å². The Morgan fingerprint density at radius 3 is 2.82 bits per heavy atom. The van der Waals surface area contributed by atoms with E-state index in [0.717, 1.165) is 0 Å². The lowest BCUT2D eigenvalue weighted by molar-refractivity contribution is -0.384. The predicted molar refractivity (Wildman–Crippen MR) is 56.8 cm³/mol. The summed E-state index contributed by atoms with van der Waals surface area (Å²) in [5.74, 6) is -0.0627. The second-order valence-corrected chi connectivity index (χ2v) is 3.76. The molecular formula is C11H6N2O4. The first kappa shape index (κ1) is 9.71. The third-order valence-electron chi connectivity index (χ3n) is 2.80. The number of benzene rings is 1. The van der Waals surface area contributed by atoms with Crippen LogP contribution in [-0.4, -0.2) is 15.9 Å². The van der Waals surface area contributed by atoms with E-state index in [0.29, 0.717) is 16.8 Å². The van der Waals surface area contributed by atoms with Crippen molar-refractivity contribution >= 4 is 11.5 Å². The van der Waals surface area contributed by atoms with Crippen LogP contribution in [0.25, 0.3) is 11.3 Å². The highest BCUT2D eigenvalue weighted by molar-refractivity contribution is 6.22. The van der Waals surface area contributed by atoms with Gasteiger partial charge in [-0.1, -0.05) is 11.2 Å². The Bertz CT molecular complexity index is 672. The van der Waals surface area contributed by atoms with Crippen molar-refractivity contribution in [2.75, 3.05) is 0 Å². The molecule has 6 heteroatoms. The van der Waals surface area contributed by atoms with Crippen molar-refractivity contribution in [1.29, 1.82) is 0 Å².